The molecule has 3 nitrogen and oxygen atoms in total. The number of unbranched alkanes of at least 4 members (excludes halogenated alkanes) is 4. The zero-order valence-corrected chi connectivity index (χ0v) is 12.2. The monoisotopic (exact) mass is 266 g/mol. The lowest BCUT2D eigenvalue weighted by atomic mass is 9.72. The van der Waals surface area contributed by atoms with E-state index in [0.29, 0.717) is 12.8 Å². The summed E-state index contributed by atoms with van der Waals surface area (Å²) >= 11 is 0. The van der Waals surface area contributed by atoms with Gasteiger partial charge in [-0.1, -0.05) is 44.8 Å². The summed E-state index contributed by atoms with van der Waals surface area (Å²) in [6.45, 7) is 2.18. The van der Waals surface area contributed by atoms with Gasteiger partial charge in [0.2, 0.25) is 0 Å². The van der Waals surface area contributed by atoms with Crippen LogP contribution >= 0.6 is 0 Å². The maximum atomic E-state index is 12.1. The van der Waals surface area contributed by atoms with Gasteiger partial charge in [0, 0.05) is 6.42 Å². The van der Waals surface area contributed by atoms with Crippen LogP contribution in [0.2, 0.25) is 0 Å². The van der Waals surface area contributed by atoms with Crippen LogP contribution < -0.4 is 0 Å². The average Bonchev–Trinajstić information content (AvgIpc) is 2.44. The highest BCUT2D eigenvalue weighted by molar-refractivity contribution is 6.06. The maximum absolute atomic E-state index is 12.1. The lowest BCUT2D eigenvalue weighted by molar-refractivity contribution is -0.156. The Morgan fingerprint density at radius 3 is 2.74 bits per heavy atom. The molecule has 1 rings (SSSR count). The van der Waals surface area contributed by atoms with Crippen LogP contribution in [0.3, 0.4) is 0 Å². The summed E-state index contributed by atoms with van der Waals surface area (Å²) in [4.78, 5) is 24.1. The van der Waals surface area contributed by atoms with Crippen LogP contribution in [0.25, 0.3) is 0 Å². The van der Waals surface area contributed by atoms with Crippen LogP contribution in [0.5, 0.6) is 0 Å². The molecule has 1 unspecified atom stereocenters. The molecule has 0 saturated heterocycles. The molecule has 0 spiro atoms. The Morgan fingerprint density at radius 1 is 1.32 bits per heavy atom. The van der Waals surface area contributed by atoms with Crippen LogP contribution in [-0.4, -0.2) is 18.9 Å². The van der Waals surface area contributed by atoms with Gasteiger partial charge in [0.25, 0.3) is 0 Å². The molecule has 0 N–H and O–H groups in total. The number of rotatable bonds is 7. The van der Waals surface area contributed by atoms with E-state index < -0.39 is 5.41 Å². The second-order valence-electron chi connectivity index (χ2n) is 5.34. The first kappa shape index (κ1) is 15.9. The Hall–Kier alpha value is -1.12. The first-order chi connectivity index (χ1) is 9.17. The summed E-state index contributed by atoms with van der Waals surface area (Å²) in [6.07, 6.45) is 12.4. The van der Waals surface area contributed by atoms with Gasteiger partial charge in [-0.15, -0.1) is 0 Å². The zero-order chi connectivity index (χ0) is 14.1. The van der Waals surface area contributed by atoms with Crippen molar-refractivity contribution in [2.45, 2.75) is 64.7 Å². The summed E-state index contributed by atoms with van der Waals surface area (Å²) in [5.74, 6) is -0.364. The second-order valence-corrected chi connectivity index (χ2v) is 5.34. The highest BCUT2D eigenvalue weighted by Gasteiger charge is 2.45. The standard InChI is InChI=1S/C16H26O3/c1-3-4-5-6-7-9-12-16(15(18)19-2)13-10-8-11-14(16)17/h9,12H,3-8,10-11,13H2,1-2H3/b12-9+. The number of carbonyl (C=O) groups is 2. The van der Waals surface area contributed by atoms with E-state index in [9.17, 15) is 9.59 Å². The summed E-state index contributed by atoms with van der Waals surface area (Å²) in [6, 6.07) is 0. The third-order valence-corrected chi connectivity index (χ3v) is 3.90. The molecule has 1 aliphatic carbocycles. The number of ether oxygens (including phenoxy) is 1. The molecule has 0 radical (unpaired) electrons. The van der Waals surface area contributed by atoms with Gasteiger partial charge >= 0.3 is 5.97 Å². The number of methoxy groups -OCH3 is 1. The number of hydrogen-bond donors (Lipinski definition) is 0. The molecule has 108 valence electrons. The number of Topliss-reactive ketones (excluding diaryl/α,β-unsaturated/α-hetero) is 1. The van der Waals surface area contributed by atoms with Crippen molar-refractivity contribution in [2.75, 3.05) is 7.11 Å². The normalized spacial score (nSPS) is 23.8. The van der Waals surface area contributed by atoms with E-state index in [1.807, 2.05) is 12.2 Å². The van der Waals surface area contributed by atoms with Gasteiger partial charge in [-0.2, -0.15) is 0 Å². The molecule has 3 heteroatoms. The second kappa shape index (κ2) is 8.13. The number of esters is 1. The number of ketones is 1. The van der Waals surface area contributed by atoms with Crippen LogP contribution in [0.1, 0.15) is 64.7 Å². The molecule has 0 bridgehead atoms. The Bertz CT molecular complexity index is 323. The predicted octanol–water partition coefficient (Wildman–Crippen LogP) is 3.82. The fourth-order valence-corrected chi connectivity index (χ4v) is 2.67. The maximum Gasteiger partial charge on any atom is 0.323 e. The quantitative estimate of drug-likeness (QED) is 0.304. The molecule has 0 aromatic rings. The summed E-state index contributed by atoms with van der Waals surface area (Å²) in [7, 11) is 1.36. The Balaban J connectivity index is 2.62. The van der Waals surface area contributed by atoms with Gasteiger partial charge in [-0.3, -0.25) is 9.59 Å². The van der Waals surface area contributed by atoms with E-state index in [2.05, 4.69) is 6.92 Å². The highest BCUT2D eigenvalue weighted by atomic mass is 16.5. The molecule has 0 amide bonds. The summed E-state index contributed by atoms with van der Waals surface area (Å²) < 4.78 is 4.85. The fraction of sp³-hybridized carbons (Fsp3) is 0.750. The Labute approximate surface area is 116 Å². The first-order valence-corrected chi connectivity index (χ1v) is 7.47. The minimum absolute atomic E-state index is 0.0235. The summed E-state index contributed by atoms with van der Waals surface area (Å²) in [5.41, 5.74) is -0.988. The Kier molecular flexibility index (Phi) is 6.82. The van der Waals surface area contributed by atoms with Gasteiger partial charge in [-0.05, 0) is 25.7 Å². The van der Waals surface area contributed by atoms with Crippen molar-refractivity contribution in [3.05, 3.63) is 12.2 Å². The molecule has 0 heterocycles. The van der Waals surface area contributed by atoms with Crippen molar-refractivity contribution < 1.29 is 14.3 Å². The van der Waals surface area contributed by atoms with Crippen LogP contribution in [0, 0.1) is 5.41 Å². The van der Waals surface area contributed by atoms with Gasteiger partial charge in [-0.25, -0.2) is 0 Å². The van der Waals surface area contributed by atoms with Gasteiger partial charge in [0.05, 0.1) is 7.11 Å². The third kappa shape index (κ3) is 4.19. The number of hydrogen-bond acceptors (Lipinski definition) is 3. The molecule has 19 heavy (non-hydrogen) atoms. The van der Waals surface area contributed by atoms with Crippen molar-refractivity contribution in [1.82, 2.24) is 0 Å². The number of allylic oxidation sites excluding steroid dienone is 1. The SMILES string of the molecule is CCCCCC/C=C/C1(C(=O)OC)CCCCC1=O. The van der Waals surface area contributed by atoms with E-state index >= 15 is 0 Å². The fourth-order valence-electron chi connectivity index (χ4n) is 2.67. The predicted molar refractivity (Wildman–Crippen MR) is 75.8 cm³/mol. The Morgan fingerprint density at radius 2 is 2.11 bits per heavy atom. The molecule has 0 aliphatic heterocycles. The van der Waals surface area contributed by atoms with Gasteiger partial charge < -0.3 is 4.74 Å². The zero-order valence-electron chi connectivity index (χ0n) is 12.2. The van der Waals surface area contributed by atoms with Crippen LogP contribution in [-0.2, 0) is 14.3 Å². The molecule has 0 aromatic heterocycles. The molecule has 1 fully saturated rings. The molecular formula is C16H26O3. The van der Waals surface area contributed by atoms with E-state index in [1.165, 1.54) is 26.4 Å². The minimum atomic E-state index is -0.988. The largest absolute Gasteiger partial charge is 0.468 e. The van der Waals surface area contributed by atoms with E-state index in [1.54, 1.807) is 0 Å². The third-order valence-electron chi connectivity index (χ3n) is 3.90. The van der Waals surface area contributed by atoms with Crippen molar-refractivity contribution in [1.29, 1.82) is 0 Å². The molecular weight excluding hydrogens is 240 g/mol. The van der Waals surface area contributed by atoms with Crippen molar-refractivity contribution in [2.24, 2.45) is 5.41 Å². The van der Waals surface area contributed by atoms with E-state index in [0.717, 1.165) is 25.7 Å². The summed E-state index contributed by atoms with van der Waals surface area (Å²) in [5, 5.41) is 0. The first-order valence-electron chi connectivity index (χ1n) is 7.47. The molecule has 1 atom stereocenters. The van der Waals surface area contributed by atoms with Gasteiger partial charge in [0.15, 0.2) is 5.78 Å². The molecule has 1 aliphatic rings. The lowest BCUT2D eigenvalue weighted by Crippen LogP contribution is -2.40. The van der Waals surface area contributed by atoms with Gasteiger partial charge in [0.1, 0.15) is 5.41 Å². The van der Waals surface area contributed by atoms with Crippen molar-refractivity contribution in [3.8, 4) is 0 Å². The van der Waals surface area contributed by atoms with Crippen molar-refractivity contribution in [3.63, 3.8) is 0 Å². The van der Waals surface area contributed by atoms with Crippen LogP contribution in [0.15, 0.2) is 12.2 Å². The lowest BCUT2D eigenvalue weighted by Gasteiger charge is -2.30. The van der Waals surface area contributed by atoms with E-state index in [4.69, 9.17) is 4.74 Å². The smallest absolute Gasteiger partial charge is 0.323 e. The minimum Gasteiger partial charge on any atom is -0.468 e. The topological polar surface area (TPSA) is 43.4 Å². The average molecular weight is 266 g/mol. The highest BCUT2D eigenvalue weighted by Crippen LogP contribution is 2.36. The van der Waals surface area contributed by atoms with Crippen molar-refractivity contribution >= 4 is 11.8 Å². The van der Waals surface area contributed by atoms with Crippen LogP contribution in [0.4, 0.5) is 0 Å². The molecule has 1 saturated carbocycles. The van der Waals surface area contributed by atoms with E-state index in [-0.39, 0.29) is 11.8 Å². The number of carbonyl (C=O) groups excluding carboxylic acids is 2. The molecule has 0 aromatic carbocycles.